The number of pyridine rings is 1. The Bertz CT molecular complexity index is 1130. The van der Waals surface area contributed by atoms with E-state index in [4.69, 9.17) is 32.4 Å². The average Bonchev–Trinajstić information content (AvgIpc) is 3.16. The SMILES string of the molecule is O=C(COc1ccc(Cl)cc1Cl)NCc1ccc(-c2nc3ncccc3o2)cc1. The summed E-state index contributed by atoms with van der Waals surface area (Å²) in [5, 5.41) is 3.66. The zero-order valence-corrected chi connectivity index (χ0v) is 16.6. The van der Waals surface area contributed by atoms with Crippen LogP contribution in [-0.2, 0) is 11.3 Å². The van der Waals surface area contributed by atoms with Crippen LogP contribution in [-0.4, -0.2) is 22.5 Å². The Labute approximate surface area is 176 Å². The van der Waals surface area contributed by atoms with E-state index in [1.807, 2.05) is 30.3 Å². The number of halogens is 2. The van der Waals surface area contributed by atoms with Gasteiger partial charge in [-0.3, -0.25) is 4.79 Å². The summed E-state index contributed by atoms with van der Waals surface area (Å²) >= 11 is 11.9. The van der Waals surface area contributed by atoms with Crippen molar-refractivity contribution >= 4 is 40.3 Å². The highest BCUT2D eigenvalue weighted by Gasteiger charge is 2.09. The normalized spacial score (nSPS) is 10.8. The van der Waals surface area contributed by atoms with E-state index in [0.29, 0.717) is 39.5 Å². The van der Waals surface area contributed by atoms with E-state index in [1.165, 1.54) is 0 Å². The maximum absolute atomic E-state index is 12.0. The lowest BCUT2D eigenvalue weighted by atomic mass is 10.1. The van der Waals surface area contributed by atoms with Gasteiger partial charge in [0.05, 0.1) is 5.02 Å². The number of ether oxygens (including phenoxy) is 1. The largest absolute Gasteiger partial charge is 0.482 e. The van der Waals surface area contributed by atoms with E-state index in [0.717, 1.165) is 11.1 Å². The molecule has 0 atom stereocenters. The van der Waals surface area contributed by atoms with Gasteiger partial charge in [-0.25, -0.2) is 4.98 Å². The summed E-state index contributed by atoms with van der Waals surface area (Å²) in [4.78, 5) is 20.6. The highest BCUT2D eigenvalue weighted by molar-refractivity contribution is 6.35. The van der Waals surface area contributed by atoms with Crippen LogP contribution in [0, 0.1) is 0 Å². The molecule has 1 N–H and O–H groups in total. The molecule has 146 valence electrons. The number of fused-ring (bicyclic) bond motifs is 1. The van der Waals surface area contributed by atoms with Gasteiger partial charge in [0.15, 0.2) is 17.8 Å². The average molecular weight is 428 g/mol. The number of hydrogen-bond acceptors (Lipinski definition) is 5. The van der Waals surface area contributed by atoms with Gasteiger partial charge in [-0.05, 0) is 48.0 Å². The lowest BCUT2D eigenvalue weighted by Crippen LogP contribution is -2.28. The van der Waals surface area contributed by atoms with Crippen LogP contribution in [0.1, 0.15) is 5.56 Å². The minimum atomic E-state index is -0.259. The van der Waals surface area contributed by atoms with Crippen molar-refractivity contribution in [1.82, 2.24) is 15.3 Å². The molecule has 2 heterocycles. The van der Waals surface area contributed by atoms with Crippen molar-refractivity contribution in [3.05, 3.63) is 76.4 Å². The molecule has 0 spiro atoms. The van der Waals surface area contributed by atoms with Crippen molar-refractivity contribution in [3.63, 3.8) is 0 Å². The van der Waals surface area contributed by atoms with E-state index >= 15 is 0 Å². The highest BCUT2D eigenvalue weighted by atomic mass is 35.5. The topological polar surface area (TPSA) is 77.2 Å². The van der Waals surface area contributed by atoms with Crippen LogP contribution in [0.4, 0.5) is 0 Å². The molecule has 8 heteroatoms. The fraction of sp³-hybridized carbons (Fsp3) is 0.0952. The number of carbonyl (C=O) groups excluding carboxylic acids is 1. The third kappa shape index (κ3) is 4.67. The zero-order chi connectivity index (χ0) is 20.2. The van der Waals surface area contributed by atoms with E-state index < -0.39 is 0 Å². The van der Waals surface area contributed by atoms with E-state index in [2.05, 4.69) is 15.3 Å². The Morgan fingerprint density at radius 2 is 1.93 bits per heavy atom. The number of benzene rings is 2. The molecule has 0 aliphatic heterocycles. The monoisotopic (exact) mass is 427 g/mol. The van der Waals surface area contributed by atoms with Crippen molar-refractivity contribution < 1.29 is 13.9 Å². The predicted molar refractivity (Wildman–Crippen MR) is 111 cm³/mol. The van der Waals surface area contributed by atoms with Gasteiger partial charge in [-0.2, -0.15) is 4.98 Å². The summed E-state index contributed by atoms with van der Waals surface area (Å²) in [6.07, 6.45) is 1.67. The van der Waals surface area contributed by atoms with Gasteiger partial charge >= 0.3 is 0 Å². The highest BCUT2D eigenvalue weighted by Crippen LogP contribution is 2.27. The van der Waals surface area contributed by atoms with Crippen LogP contribution < -0.4 is 10.1 Å². The molecular formula is C21H15Cl2N3O3. The number of nitrogens with zero attached hydrogens (tertiary/aromatic N) is 2. The van der Waals surface area contributed by atoms with Crippen LogP contribution in [0.15, 0.2) is 65.2 Å². The number of amides is 1. The lowest BCUT2D eigenvalue weighted by Gasteiger charge is -2.09. The molecule has 29 heavy (non-hydrogen) atoms. The molecule has 2 aromatic heterocycles. The summed E-state index contributed by atoms with van der Waals surface area (Å²) in [7, 11) is 0. The standard InChI is InChI=1S/C21H15Cl2N3O3/c22-15-7-8-17(16(23)10-15)28-12-19(27)25-11-13-3-5-14(6-4-13)21-26-20-18(29-21)2-1-9-24-20/h1-10H,11-12H2,(H,25,27). The summed E-state index contributed by atoms with van der Waals surface area (Å²) in [6, 6.07) is 16.0. The zero-order valence-electron chi connectivity index (χ0n) is 15.1. The van der Waals surface area contributed by atoms with E-state index in [9.17, 15) is 4.79 Å². The quantitative estimate of drug-likeness (QED) is 0.473. The third-order valence-electron chi connectivity index (χ3n) is 4.11. The summed E-state index contributed by atoms with van der Waals surface area (Å²) in [5.41, 5.74) is 2.97. The van der Waals surface area contributed by atoms with Crippen LogP contribution in [0.2, 0.25) is 10.0 Å². The molecule has 0 radical (unpaired) electrons. The Hall–Kier alpha value is -3.09. The number of nitrogens with one attached hydrogen (secondary N) is 1. The van der Waals surface area contributed by atoms with Gasteiger partial charge < -0.3 is 14.5 Å². The molecule has 2 aromatic carbocycles. The Balaban J connectivity index is 1.32. The fourth-order valence-corrected chi connectivity index (χ4v) is 3.11. The molecular weight excluding hydrogens is 413 g/mol. The minimum absolute atomic E-state index is 0.144. The summed E-state index contributed by atoms with van der Waals surface area (Å²) in [5.74, 6) is 0.649. The number of oxazole rings is 1. The molecule has 0 saturated carbocycles. The molecule has 4 aromatic rings. The number of hydrogen-bond donors (Lipinski definition) is 1. The summed E-state index contributed by atoms with van der Waals surface area (Å²) in [6.45, 7) is 0.223. The molecule has 0 unspecified atom stereocenters. The first kappa shape index (κ1) is 19.2. The van der Waals surface area contributed by atoms with Crippen molar-refractivity contribution in [2.24, 2.45) is 0 Å². The smallest absolute Gasteiger partial charge is 0.258 e. The van der Waals surface area contributed by atoms with Gasteiger partial charge in [0, 0.05) is 23.3 Å². The molecule has 0 bridgehead atoms. The Kier molecular flexibility index (Phi) is 5.64. The first-order valence-corrected chi connectivity index (χ1v) is 9.49. The predicted octanol–water partition coefficient (Wildman–Crippen LogP) is 4.89. The fourth-order valence-electron chi connectivity index (χ4n) is 2.64. The Morgan fingerprint density at radius 1 is 1.10 bits per heavy atom. The second-order valence-electron chi connectivity index (χ2n) is 6.18. The van der Waals surface area contributed by atoms with Crippen LogP contribution in [0.25, 0.3) is 22.7 Å². The number of carbonyl (C=O) groups is 1. The van der Waals surface area contributed by atoms with E-state index in [1.54, 1.807) is 30.5 Å². The molecule has 0 aliphatic rings. The van der Waals surface area contributed by atoms with Gasteiger partial charge in [0.1, 0.15) is 5.75 Å². The molecule has 6 nitrogen and oxygen atoms in total. The van der Waals surface area contributed by atoms with Crippen LogP contribution in [0.5, 0.6) is 5.75 Å². The molecule has 0 aliphatic carbocycles. The first-order valence-electron chi connectivity index (χ1n) is 8.74. The van der Waals surface area contributed by atoms with Crippen molar-refractivity contribution in [3.8, 4) is 17.2 Å². The van der Waals surface area contributed by atoms with Gasteiger partial charge in [-0.15, -0.1) is 0 Å². The first-order chi connectivity index (χ1) is 14.1. The maximum atomic E-state index is 12.0. The molecule has 0 fully saturated rings. The number of aromatic nitrogens is 2. The van der Waals surface area contributed by atoms with Crippen LogP contribution in [0.3, 0.4) is 0 Å². The van der Waals surface area contributed by atoms with Crippen LogP contribution >= 0.6 is 23.2 Å². The maximum Gasteiger partial charge on any atom is 0.258 e. The van der Waals surface area contributed by atoms with Crippen molar-refractivity contribution in [2.45, 2.75) is 6.54 Å². The van der Waals surface area contributed by atoms with Gasteiger partial charge in [-0.1, -0.05) is 35.3 Å². The van der Waals surface area contributed by atoms with E-state index in [-0.39, 0.29) is 12.5 Å². The van der Waals surface area contributed by atoms with Crippen molar-refractivity contribution in [2.75, 3.05) is 6.61 Å². The second kappa shape index (κ2) is 8.51. The van der Waals surface area contributed by atoms with Crippen molar-refractivity contribution in [1.29, 1.82) is 0 Å². The molecule has 1 amide bonds. The summed E-state index contributed by atoms with van der Waals surface area (Å²) < 4.78 is 11.1. The molecule has 0 saturated heterocycles. The molecule has 4 rings (SSSR count). The Morgan fingerprint density at radius 3 is 2.69 bits per heavy atom. The number of rotatable bonds is 6. The third-order valence-corrected chi connectivity index (χ3v) is 4.64. The minimum Gasteiger partial charge on any atom is -0.482 e. The second-order valence-corrected chi connectivity index (χ2v) is 7.02. The van der Waals surface area contributed by atoms with Gasteiger partial charge in [0.25, 0.3) is 5.91 Å². The lowest BCUT2D eigenvalue weighted by molar-refractivity contribution is -0.123. The van der Waals surface area contributed by atoms with Gasteiger partial charge in [0.2, 0.25) is 5.89 Å².